The van der Waals surface area contributed by atoms with Gasteiger partial charge in [0.25, 0.3) is 0 Å². The third-order valence-corrected chi connectivity index (χ3v) is 6.55. The lowest BCUT2D eigenvalue weighted by Gasteiger charge is -2.42. The van der Waals surface area contributed by atoms with Crippen molar-refractivity contribution in [2.45, 2.75) is 70.3 Å². The molecule has 5 nitrogen and oxygen atoms in total. The number of ether oxygens (including phenoxy) is 4. The second-order valence-electron chi connectivity index (χ2n) is 8.66. The molecule has 0 aliphatic carbocycles. The minimum absolute atomic E-state index is 0.330. The van der Waals surface area contributed by atoms with E-state index in [0.29, 0.717) is 32.7 Å². The zero-order valence-electron chi connectivity index (χ0n) is 19.9. The van der Waals surface area contributed by atoms with Crippen molar-refractivity contribution in [3.05, 3.63) is 108 Å². The van der Waals surface area contributed by atoms with E-state index in [1.165, 1.54) is 0 Å². The van der Waals surface area contributed by atoms with E-state index in [1.807, 2.05) is 105 Å². The van der Waals surface area contributed by atoms with Crippen molar-refractivity contribution >= 4 is 0 Å². The van der Waals surface area contributed by atoms with Crippen LogP contribution in [0.2, 0.25) is 0 Å². The molecule has 1 aliphatic heterocycles. The van der Waals surface area contributed by atoms with E-state index in [-0.39, 0.29) is 0 Å². The Morgan fingerprint density at radius 1 is 0.676 bits per heavy atom. The summed E-state index contributed by atoms with van der Waals surface area (Å²) in [6.45, 7) is 4.92. The van der Waals surface area contributed by atoms with Gasteiger partial charge in [0.05, 0.1) is 19.8 Å². The summed E-state index contributed by atoms with van der Waals surface area (Å²) in [4.78, 5) is 0. The molecule has 4 atom stereocenters. The molecule has 1 N–H and O–H groups in total. The van der Waals surface area contributed by atoms with Crippen LogP contribution in [0.25, 0.3) is 0 Å². The molecule has 180 valence electrons. The molecule has 1 saturated heterocycles. The van der Waals surface area contributed by atoms with Crippen molar-refractivity contribution in [1.82, 2.24) is 0 Å². The average Bonchev–Trinajstić information content (AvgIpc) is 3.14. The van der Waals surface area contributed by atoms with Crippen molar-refractivity contribution in [3.63, 3.8) is 0 Å². The molecule has 1 heterocycles. The maximum absolute atomic E-state index is 11.7. The molecule has 3 aromatic carbocycles. The van der Waals surface area contributed by atoms with Crippen molar-refractivity contribution in [2.75, 3.05) is 0 Å². The largest absolute Gasteiger partial charge is 0.365 e. The van der Waals surface area contributed by atoms with Crippen LogP contribution in [0.3, 0.4) is 0 Å². The number of benzene rings is 3. The Morgan fingerprint density at radius 2 is 1.15 bits per heavy atom. The van der Waals surface area contributed by atoms with Crippen LogP contribution in [0, 0.1) is 0 Å². The quantitative estimate of drug-likeness (QED) is 0.401. The fraction of sp³-hybridized carbons (Fsp3) is 0.379. The highest BCUT2D eigenvalue weighted by Gasteiger charge is 2.66. The molecule has 0 radical (unpaired) electrons. The third kappa shape index (κ3) is 5.24. The van der Waals surface area contributed by atoms with Crippen LogP contribution in [0.15, 0.2) is 91.0 Å². The Balaban J connectivity index is 1.61. The van der Waals surface area contributed by atoms with E-state index in [4.69, 9.17) is 18.9 Å². The van der Waals surface area contributed by atoms with Crippen LogP contribution in [0.5, 0.6) is 0 Å². The molecular weight excluding hydrogens is 428 g/mol. The number of hydrogen-bond donors (Lipinski definition) is 1. The highest BCUT2D eigenvalue weighted by molar-refractivity contribution is 5.17. The number of rotatable bonds is 11. The van der Waals surface area contributed by atoms with Crippen molar-refractivity contribution in [1.29, 1.82) is 0 Å². The highest BCUT2D eigenvalue weighted by Crippen LogP contribution is 2.48. The van der Waals surface area contributed by atoms with E-state index in [2.05, 4.69) is 0 Å². The molecule has 4 unspecified atom stereocenters. The average molecular weight is 463 g/mol. The molecule has 1 aliphatic rings. The van der Waals surface area contributed by atoms with Crippen LogP contribution in [-0.4, -0.2) is 28.9 Å². The van der Waals surface area contributed by atoms with E-state index < -0.39 is 23.8 Å². The summed E-state index contributed by atoms with van der Waals surface area (Å²) in [5, 5.41) is 11.7. The third-order valence-electron chi connectivity index (χ3n) is 6.55. The lowest BCUT2D eigenvalue weighted by atomic mass is 9.84. The van der Waals surface area contributed by atoms with Crippen molar-refractivity contribution in [2.24, 2.45) is 0 Å². The highest BCUT2D eigenvalue weighted by atomic mass is 16.8. The van der Waals surface area contributed by atoms with Gasteiger partial charge in [0.15, 0.2) is 11.9 Å². The Kier molecular flexibility index (Phi) is 8.14. The first-order chi connectivity index (χ1) is 16.6. The SMILES string of the molecule is CCC1(O)OC(OCc2ccccc2)C(OCc2ccccc2)C1(CC)OCc1ccccc1. The maximum atomic E-state index is 11.7. The Hall–Kier alpha value is -2.54. The van der Waals surface area contributed by atoms with Crippen LogP contribution >= 0.6 is 0 Å². The van der Waals surface area contributed by atoms with Crippen molar-refractivity contribution < 1.29 is 24.1 Å². The smallest absolute Gasteiger partial charge is 0.200 e. The molecule has 0 aromatic heterocycles. The normalized spacial score (nSPS) is 26.6. The monoisotopic (exact) mass is 462 g/mol. The summed E-state index contributed by atoms with van der Waals surface area (Å²) in [5.74, 6) is -1.56. The lowest BCUT2D eigenvalue weighted by molar-refractivity contribution is -0.303. The first kappa shape index (κ1) is 24.6. The first-order valence-corrected chi connectivity index (χ1v) is 12.0. The molecule has 0 spiro atoms. The minimum atomic E-state index is -1.56. The Morgan fingerprint density at radius 3 is 1.62 bits per heavy atom. The Labute approximate surface area is 202 Å². The molecular formula is C29H34O5. The second-order valence-corrected chi connectivity index (χ2v) is 8.66. The van der Waals surface area contributed by atoms with Gasteiger partial charge in [-0.05, 0) is 23.1 Å². The summed E-state index contributed by atoms with van der Waals surface area (Å²) in [5.41, 5.74) is 1.97. The topological polar surface area (TPSA) is 57.2 Å². The van der Waals surface area contributed by atoms with Gasteiger partial charge in [0.1, 0.15) is 6.10 Å². The second kappa shape index (κ2) is 11.3. The molecule has 0 saturated carbocycles. The van der Waals surface area contributed by atoms with Crippen LogP contribution < -0.4 is 0 Å². The molecule has 1 fully saturated rings. The van der Waals surface area contributed by atoms with Gasteiger partial charge in [-0.2, -0.15) is 0 Å². The molecule has 3 aromatic rings. The maximum Gasteiger partial charge on any atom is 0.200 e. The van der Waals surface area contributed by atoms with Crippen LogP contribution in [0.4, 0.5) is 0 Å². The van der Waals surface area contributed by atoms with Gasteiger partial charge in [-0.1, -0.05) is 105 Å². The minimum Gasteiger partial charge on any atom is -0.365 e. The molecule has 4 rings (SSSR count). The summed E-state index contributed by atoms with van der Waals surface area (Å²) in [7, 11) is 0. The predicted octanol–water partition coefficient (Wildman–Crippen LogP) is 5.61. The number of hydrogen-bond acceptors (Lipinski definition) is 5. The Bertz CT molecular complexity index is 997. The predicted molar refractivity (Wildman–Crippen MR) is 131 cm³/mol. The fourth-order valence-corrected chi connectivity index (χ4v) is 4.59. The lowest BCUT2D eigenvalue weighted by Crippen LogP contribution is -2.58. The van der Waals surface area contributed by atoms with Crippen molar-refractivity contribution in [3.8, 4) is 0 Å². The standard InChI is InChI=1S/C29H34O5/c1-3-28(33-22-25-18-12-7-13-19-25)26(31-20-23-14-8-5-9-15-23)27(34-29(28,30)4-2)32-21-24-16-10-6-11-17-24/h5-19,26-27,30H,3-4,20-22H2,1-2H3. The summed E-state index contributed by atoms with van der Waals surface area (Å²) in [6, 6.07) is 29.8. The van der Waals surface area contributed by atoms with Gasteiger partial charge in [0.2, 0.25) is 5.79 Å². The van der Waals surface area contributed by atoms with Gasteiger partial charge in [-0.25, -0.2) is 0 Å². The molecule has 34 heavy (non-hydrogen) atoms. The van der Waals surface area contributed by atoms with E-state index >= 15 is 0 Å². The summed E-state index contributed by atoms with van der Waals surface area (Å²) >= 11 is 0. The van der Waals surface area contributed by atoms with Gasteiger partial charge in [-0.15, -0.1) is 0 Å². The van der Waals surface area contributed by atoms with Crippen LogP contribution in [-0.2, 0) is 38.8 Å². The summed E-state index contributed by atoms with van der Waals surface area (Å²) < 4.78 is 25.4. The molecule has 0 amide bonds. The van der Waals surface area contributed by atoms with Gasteiger partial charge < -0.3 is 24.1 Å². The van der Waals surface area contributed by atoms with Gasteiger partial charge in [0, 0.05) is 6.42 Å². The number of aliphatic hydroxyl groups is 1. The van der Waals surface area contributed by atoms with Gasteiger partial charge >= 0.3 is 0 Å². The zero-order chi connectivity index (χ0) is 23.9. The van der Waals surface area contributed by atoms with E-state index in [0.717, 1.165) is 16.7 Å². The van der Waals surface area contributed by atoms with E-state index in [1.54, 1.807) is 0 Å². The fourth-order valence-electron chi connectivity index (χ4n) is 4.59. The molecule has 0 bridgehead atoms. The first-order valence-electron chi connectivity index (χ1n) is 12.0. The zero-order valence-corrected chi connectivity index (χ0v) is 19.9. The molecule has 5 heteroatoms. The van der Waals surface area contributed by atoms with E-state index in [9.17, 15) is 5.11 Å². The van der Waals surface area contributed by atoms with Crippen LogP contribution in [0.1, 0.15) is 43.4 Å². The van der Waals surface area contributed by atoms with Gasteiger partial charge in [-0.3, -0.25) is 0 Å². The summed E-state index contributed by atoms with van der Waals surface area (Å²) in [6.07, 6.45) is -0.583.